The predicted molar refractivity (Wildman–Crippen MR) is 91.3 cm³/mol. The highest BCUT2D eigenvalue weighted by Gasteiger charge is 2.14. The number of ether oxygens (including phenoxy) is 2. The molecule has 0 unspecified atom stereocenters. The van der Waals surface area contributed by atoms with E-state index in [0.29, 0.717) is 22.9 Å². The van der Waals surface area contributed by atoms with Crippen molar-refractivity contribution in [1.29, 1.82) is 0 Å². The average molecular weight is 387 g/mol. The van der Waals surface area contributed by atoms with E-state index < -0.39 is 0 Å². The van der Waals surface area contributed by atoms with Crippen LogP contribution in [-0.4, -0.2) is 17.0 Å². The fourth-order valence-corrected chi connectivity index (χ4v) is 2.59. The smallest absolute Gasteiger partial charge is 0.292 e. The van der Waals surface area contributed by atoms with Crippen LogP contribution < -0.4 is 15.0 Å². The van der Waals surface area contributed by atoms with Crippen molar-refractivity contribution in [2.45, 2.75) is 0 Å². The van der Waals surface area contributed by atoms with E-state index in [2.05, 4.69) is 36.4 Å². The Hall–Kier alpha value is -2.87. The third-order valence-electron chi connectivity index (χ3n) is 3.51. The Bertz CT molecular complexity index is 976. The number of azo groups is 1. The molecule has 24 heavy (non-hydrogen) atoms. The first-order valence-electron chi connectivity index (χ1n) is 7.09. The number of nitrogens with zero attached hydrogens (tertiary/aromatic N) is 2. The number of halogens is 1. The molecule has 0 aliphatic carbocycles. The summed E-state index contributed by atoms with van der Waals surface area (Å²) in [5, 5.41) is 13.6. The molecule has 4 rings (SSSR count). The number of benzene rings is 2. The fourth-order valence-electron chi connectivity index (χ4n) is 2.33. The summed E-state index contributed by atoms with van der Waals surface area (Å²) in [6.07, 6.45) is 0. The fraction of sp³-hybridized carbons (Fsp3) is 0.0625. The summed E-state index contributed by atoms with van der Waals surface area (Å²) in [6.45, 7) is 0.196. The zero-order valence-electron chi connectivity index (χ0n) is 12.2. The van der Waals surface area contributed by atoms with E-state index in [9.17, 15) is 4.79 Å². The number of aromatic nitrogens is 2. The molecule has 0 atom stereocenters. The molecule has 0 spiro atoms. The van der Waals surface area contributed by atoms with Crippen LogP contribution >= 0.6 is 15.9 Å². The molecule has 2 N–H and O–H groups in total. The maximum absolute atomic E-state index is 12.0. The van der Waals surface area contributed by atoms with E-state index in [1.54, 1.807) is 18.2 Å². The Labute approximate surface area is 144 Å². The van der Waals surface area contributed by atoms with E-state index in [-0.39, 0.29) is 18.0 Å². The third-order valence-corrected chi connectivity index (χ3v) is 4.04. The second kappa shape index (κ2) is 5.97. The van der Waals surface area contributed by atoms with Gasteiger partial charge in [0.2, 0.25) is 6.79 Å². The molecule has 2 aromatic carbocycles. The maximum atomic E-state index is 12.0. The molecular weight excluding hydrogens is 376 g/mol. The Balaban J connectivity index is 1.68. The van der Waals surface area contributed by atoms with Crippen molar-refractivity contribution in [3.05, 3.63) is 57.3 Å². The van der Waals surface area contributed by atoms with Crippen LogP contribution in [0.2, 0.25) is 0 Å². The van der Waals surface area contributed by atoms with E-state index in [0.717, 1.165) is 10.0 Å². The quantitative estimate of drug-likeness (QED) is 0.658. The summed E-state index contributed by atoms with van der Waals surface area (Å²) in [7, 11) is 0. The topological polar surface area (TPSA) is 91.8 Å². The van der Waals surface area contributed by atoms with Gasteiger partial charge in [-0.15, -0.1) is 5.11 Å². The van der Waals surface area contributed by atoms with Gasteiger partial charge in [-0.05, 0) is 24.3 Å². The summed E-state index contributed by atoms with van der Waals surface area (Å²) >= 11 is 3.38. The van der Waals surface area contributed by atoms with E-state index >= 15 is 0 Å². The highest BCUT2D eigenvalue weighted by atomic mass is 79.9. The van der Waals surface area contributed by atoms with Crippen LogP contribution in [0.3, 0.4) is 0 Å². The lowest BCUT2D eigenvalue weighted by Gasteiger charge is -1.99. The van der Waals surface area contributed by atoms with Gasteiger partial charge in [-0.1, -0.05) is 28.1 Å². The van der Waals surface area contributed by atoms with E-state index in [1.807, 2.05) is 24.3 Å². The molecule has 2 heterocycles. The number of fused-ring (bicyclic) bond motifs is 1. The molecule has 0 fully saturated rings. The summed E-state index contributed by atoms with van der Waals surface area (Å²) < 4.78 is 11.5. The van der Waals surface area contributed by atoms with Crippen LogP contribution in [0.5, 0.6) is 11.5 Å². The molecule has 0 amide bonds. The molecule has 1 aliphatic rings. The average Bonchev–Trinajstić information content (AvgIpc) is 3.20. The molecule has 0 saturated carbocycles. The molecule has 0 saturated heterocycles. The van der Waals surface area contributed by atoms with E-state index in [4.69, 9.17) is 9.47 Å². The number of hydrogen-bond acceptors (Lipinski definition) is 5. The Morgan fingerprint density at radius 2 is 1.75 bits per heavy atom. The van der Waals surface area contributed by atoms with Gasteiger partial charge in [0.05, 0.1) is 11.4 Å². The van der Waals surface area contributed by atoms with Crippen molar-refractivity contribution in [2.24, 2.45) is 10.2 Å². The molecule has 8 heteroatoms. The highest BCUT2D eigenvalue weighted by Crippen LogP contribution is 2.36. The summed E-state index contributed by atoms with van der Waals surface area (Å²) in [5.41, 5.74) is 1.86. The van der Waals surface area contributed by atoms with Crippen LogP contribution in [0.4, 0.5) is 11.4 Å². The number of aromatic amines is 2. The van der Waals surface area contributed by atoms with Crippen LogP contribution in [0, 0.1) is 0 Å². The lowest BCUT2D eigenvalue weighted by Crippen LogP contribution is -1.96. The lowest BCUT2D eigenvalue weighted by atomic mass is 10.1. The summed E-state index contributed by atoms with van der Waals surface area (Å²) in [6, 6.07) is 12.8. The van der Waals surface area contributed by atoms with Crippen molar-refractivity contribution in [2.75, 3.05) is 6.79 Å². The third kappa shape index (κ3) is 2.71. The van der Waals surface area contributed by atoms with Gasteiger partial charge in [-0.2, -0.15) is 5.11 Å². The maximum Gasteiger partial charge on any atom is 0.292 e. The van der Waals surface area contributed by atoms with Crippen LogP contribution in [-0.2, 0) is 0 Å². The molecule has 1 aromatic heterocycles. The van der Waals surface area contributed by atoms with Gasteiger partial charge >= 0.3 is 0 Å². The molecule has 120 valence electrons. The van der Waals surface area contributed by atoms with Crippen LogP contribution in [0.25, 0.3) is 11.3 Å². The molecule has 0 bridgehead atoms. The SMILES string of the molecule is O=c1[nH][nH]c(-c2ccc(Br)cc2)c1N=Nc1ccc2c(c1)OCO2. The Kier molecular flexibility index (Phi) is 3.66. The Morgan fingerprint density at radius 3 is 2.58 bits per heavy atom. The van der Waals surface area contributed by atoms with Gasteiger partial charge in [-0.3, -0.25) is 15.0 Å². The number of hydrogen-bond donors (Lipinski definition) is 2. The van der Waals surface area contributed by atoms with E-state index in [1.165, 1.54) is 0 Å². The van der Waals surface area contributed by atoms with Crippen molar-refractivity contribution >= 4 is 27.3 Å². The minimum atomic E-state index is -0.336. The number of H-pyrrole nitrogens is 2. The molecule has 7 nitrogen and oxygen atoms in total. The summed E-state index contributed by atoms with van der Waals surface area (Å²) in [4.78, 5) is 12.0. The van der Waals surface area contributed by atoms with Gasteiger partial charge in [0.15, 0.2) is 17.2 Å². The minimum absolute atomic E-state index is 0.196. The van der Waals surface area contributed by atoms with Gasteiger partial charge in [0.1, 0.15) is 0 Å². The van der Waals surface area contributed by atoms with Crippen molar-refractivity contribution < 1.29 is 9.47 Å². The van der Waals surface area contributed by atoms with Crippen molar-refractivity contribution in [3.8, 4) is 22.8 Å². The van der Waals surface area contributed by atoms with Gasteiger partial charge in [-0.25, -0.2) is 0 Å². The zero-order chi connectivity index (χ0) is 16.5. The van der Waals surface area contributed by atoms with Crippen molar-refractivity contribution in [1.82, 2.24) is 10.2 Å². The molecule has 1 aliphatic heterocycles. The normalized spacial score (nSPS) is 12.9. The number of rotatable bonds is 3. The first kappa shape index (κ1) is 14.7. The van der Waals surface area contributed by atoms with Gasteiger partial charge < -0.3 is 9.47 Å². The van der Waals surface area contributed by atoms with Gasteiger partial charge in [0.25, 0.3) is 5.56 Å². The van der Waals surface area contributed by atoms with Crippen molar-refractivity contribution in [3.63, 3.8) is 0 Å². The molecular formula is C16H11BrN4O3. The zero-order valence-corrected chi connectivity index (χ0v) is 13.8. The second-order valence-electron chi connectivity index (χ2n) is 5.05. The molecule has 0 radical (unpaired) electrons. The largest absolute Gasteiger partial charge is 0.454 e. The second-order valence-corrected chi connectivity index (χ2v) is 5.96. The predicted octanol–water partition coefficient (Wildman–Crippen LogP) is 4.28. The Morgan fingerprint density at radius 1 is 0.958 bits per heavy atom. The van der Waals surface area contributed by atoms with Crippen LogP contribution in [0.1, 0.15) is 0 Å². The molecule has 3 aromatic rings. The monoisotopic (exact) mass is 386 g/mol. The number of nitrogens with one attached hydrogen (secondary N) is 2. The van der Waals surface area contributed by atoms with Crippen LogP contribution in [0.15, 0.2) is 62.0 Å². The first-order chi connectivity index (χ1) is 11.7. The summed E-state index contributed by atoms with van der Waals surface area (Å²) in [5.74, 6) is 1.28. The lowest BCUT2D eigenvalue weighted by molar-refractivity contribution is 0.174. The minimum Gasteiger partial charge on any atom is -0.454 e. The highest BCUT2D eigenvalue weighted by molar-refractivity contribution is 9.10. The standard InChI is InChI=1S/C16H11BrN4O3/c17-10-3-1-9(2-4-10)14-15(16(22)21-19-14)20-18-11-5-6-12-13(7-11)24-8-23-12/h1-7H,8H2,(H2,19,21,22). The van der Waals surface area contributed by atoms with Gasteiger partial charge in [0, 0.05) is 16.1 Å². The first-order valence-corrected chi connectivity index (χ1v) is 7.88.